The number of carboxylic acid groups (broad SMARTS) is 1. The summed E-state index contributed by atoms with van der Waals surface area (Å²) in [6, 6.07) is -1.13. The summed E-state index contributed by atoms with van der Waals surface area (Å²) in [6.07, 6.45) is 0. The molecule has 0 rings (SSSR count). The quantitative estimate of drug-likeness (QED) is 0.465. The summed E-state index contributed by atoms with van der Waals surface area (Å²) in [5, 5.41) is 15.9. The number of carboxylic acids is 1. The molecule has 0 amide bonds. The van der Waals surface area contributed by atoms with Crippen LogP contribution >= 0.6 is 0 Å². The van der Waals surface area contributed by atoms with Crippen LogP contribution in [-0.2, 0) is 4.79 Å². The van der Waals surface area contributed by atoms with Crippen LogP contribution in [0.4, 0.5) is 0 Å². The second-order valence-corrected chi connectivity index (χ2v) is 2.47. The Labute approximate surface area is 66.4 Å². The Bertz CT molecular complexity index is 103. The fourth-order valence-corrected chi connectivity index (χ4v) is 0.0781. The zero-order valence-electron chi connectivity index (χ0n) is 7.11. The number of aliphatic carboxylic acids is 1. The number of hydrogen-bond acceptors (Lipinski definition) is 4. The Morgan fingerprint density at radius 3 is 1.82 bits per heavy atom. The van der Waals surface area contributed by atoms with Gasteiger partial charge in [0.15, 0.2) is 0 Å². The van der Waals surface area contributed by atoms with Gasteiger partial charge in [0.1, 0.15) is 6.04 Å². The number of aliphatic hydroxyl groups excluding tert-OH is 1. The summed E-state index contributed by atoms with van der Waals surface area (Å²) >= 11 is 0. The molecule has 11 heavy (non-hydrogen) atoms. The van der Waals surface area contributed by atoms with Crippen LogP contribution in [0.15, 0.2) is 0 Å². The second kappa shape index (κ2) is 7.46. The first-order valence-corrected chi connectivity index (χ1v) is 3.12. The van der Waals surface area contributed by atoms with Crippen molar-refractivity contribution in [3.8, 4) is 0 Å². The van der Waals surface area contributed by atoms with Gasteiger partial charge in [0.25, 0.3) is 0 Å². The van der Waals surface area contributed by atoms with E-state index >= 15 is 0 Å². The standard InChI is InChI=1S/C3H7NO3.C3H9N/c4-2(1-5)3(6)7;1-4(2)3/h2,5H,1,4H2,(H,6,7);1-3H3. The maximum Gasteiger partial charge on any atom is 0.322 e. The summed E-state index contributed by atoms with van der Waals surface area (Å²) in [6.45, 7) is -0.505. The summed E-state index contributed by atoms with van der Waals surface area (Å²) in [4.78, 5) is 11.6. The van der Waals surface area contributed by atoms with Crippen LogP contribution in [-0.4, -0.2) is 54.9 Å². The van der Waals surface area contributed by atoms with Gasteiger partial charge in [-0.3, -0.25) is 4.79 Å². The van der Waals surface area contributed by atoms with Gasteiger partial charge in [-0.1, -0.05) is 0 Å². The first kappa shape index (κ1) is 13.0. The third kappa shape index (κ3) is 17.6. The molecule has 0 saturated heterocycles. The monoisotopic (exact) mass is 164 g/mol. The summed E-state index contributed by atoms with van der Waals surface area (Å²) in [5.74, 6) is -1.18. The molecule has 0 fully saturated rings. The molecular weight excluding hydrogens is 148 g/mol. The molecule has 68 valence electrons. The number of rotatable bonds is 2. The van der Waals surface area contributed by atoms with E-state index in [1.807, 2.05) is 26.0 Å². The smallest absolute Gasteiger partial charge is 0.322 e. The molecule has 1 atom stereocenters. The van der Waals surface area contributed by atoms with Gasteiger partial charge >= 0.3 is 5.97 Å². The highest BCUT2D eigenvalue weighted by molar-refractivity contribution is 5.73. The van der Waals surface area contributed by atoms with Gasteiger partial charge in [0.2, 0.25) is 0 Å². The van der Waals surface area contributed by atoms with Gasteiger partial charge in [-0.05, 0) is 21.1 Å². The average Bonchev–Trinajstić information content (AvgIpc) is 1.85. The molecule has 0 bridgehead atoms. The van der Waals surface area contributed by atoms with Crippen molar-refractivity contribution in [1.29, 1.82) is 0 Å². The van der Waals surface area contributed by atoms with Crippen molar-refractivity contribution in [2.75, 3.05) is 27.7 Å². The number of nitrogens with zero attached hydrogens (tertiary/aromatic N) is 1. The first-order valence-electron chi connectivity index (χ1n) is 3.12. The van der Waals surface area contributed by atoms with E-state index in [2.05, 4.69) is 0 Å². The molecular formula is C6H16N2O3. The maximum atomic E-state index is 9.65. The van der Waals surface area contributed by atoms with Crippen molar-refractivity contribution in [3.63, 3.8) is 0 Å². The molecule has 0 radical (unpaired) electrons. The van der Waals surface area contributed by atoms with Crippen molar-refractivity contribution in [1.82, 2.24) is 4.90 Å². The highest BCUT2D eigenvalue weighted by Gasteiger charge is 2.06. The maximum absolute atomic E-state index is 9.65. The highest BCUT2D eigenvalue weighted by Crippen LogP contribution is 1.71. The highest BCUT2D eigenvalue weighted by atomic mass is 16.4. The molecule has 5 heteroatoms. The van der Waals surface area contributed by atoms with E-state index in [0.29, 0.717) is 0 Å². The first-order chi connectivity index (χ1) is 4.91. The van der Waals surface area contributed by atoms with E-state index in [0.717, 1.165) is 0 Å². The van der Waals surface area contributed by atoms with Crippen molar-refractivity contribution >= 4 is 5.97 Å². The van der Waals surface area contributed by atoms with E-state index in [1.54, 1.807) is 0 Å². The van der Waals surface area contributed by atoms with E-state index in [1.165, 1.54) is 0 Å². The molecule has 0 aliphatic carbocycles. The lowest BCUT2D eigenvalue weighted by atomic mass is 10.3. The van der Waals surface area contributed by atoms with E-state index in [9.17, 15) is 4.79 Å². The van der Waals surface area contributed by atoms with E-state index < -0.39 is 18.6 Å². The van der Waals surface area contributed by atoms with E-state index in [-0.39, 0.29) is 0 Å². The van der Waals surface area contributed by atoms with Crippen molar-refractivity contribution < 1.29 is 15.0 Å². The second-order valence-electron chi connectivity index (χ2n) is 2.47. The lowest BCUT2D eigenvalue weighted by Gasteiger charge is -1.96. The number of carbonyl (C=O) groups is 1. The van der Waals surface area contributed by atoms with Gasteiger partial charge in [-0.25, -0.2) is 0 Å². The minimum Gasteiger partial charge on any atom is -0.480 e. The number of hydrogen-bond donors (Lipinski definition) is 3. The van der Waals surface area contributed by atoms with Crippen LogP contribution in [0.1, 0.15) is 0 Å². The Hall–Kier alpha value is -0.650. The minimum atomic E-state index is -1.18. The molecule has 0 heterocycles. The minimum absolute atomic E-state index is 0.505. The largest absolute Gasteiger partial charge is 0.480 e. The van der Waals surface area contributed by atoms with Gasteiger partial charge in [-0.2, -0.15) is 0 Å². The van der Waals surface area contributed by atoms with Gasteiger partial charge < -0.3 is 20.8 Å². The van der Waals surface area contributed by atoms with Crippen LogP contribution in [0.25, 0.3) is 0 Å². The van der Waals surface area contributed by atoms with Crippen molar-refractivity contribution in [3.05, 3.63) is 0 Å². The fraction of sp³-hybridized carbons (Fsp3) is 0.833. The number of aliphatic hydroxyl groups is 1. The lowest BCUT2D eigenvalue weighted by molar-refractivity contribution is -0.139. The molecule has 0 aliphatic rings. The van der Waals surface area contributed by atoms with Crippen molar-refractivity contribution in [2.45, 2.75) is 6.04 Å². The van der Waals surface area contributed by atoms with Crippen LogP contribution in [0.2, 0.25) is 0 Å². The molecule has 5 nitrogen and oxygen atoms in total. The molecule has 0 aliphatic heterocycles. The van der Waals surface area contributed by atoms with E-state index in [4.69, 9.17) is 15.9 Å². The van der Waals surface area contributed by atoms with Crippen LogP contribution < -0.4 is 5.73 Å². The Kier molecular flexibility index (Phi) is 8.80. The Morgan fingerprint density at radius 1 is 1.55 bits per heavy atom. The van der Waals surface area contributed by atoms with Gasteiger partial charge in [-0.15, -0.1) is 0 Å². The van der Waals surface area contributed by atoms with Gasteiger partial charge in [0, 0.05) is 0 Å². The normalized spacial score (nSPS) is 11.8. The zero-order chi connectivity index (χ0) is 9.44. The van der Waals surface area contributed by atoms with Crippen LogP contribution in [0.5, 0.6) is 0 Å². The summed E-state index contributed by atoms with van der Waals surface area (Å²) < 4.78 is 0. The Morgan fingerprint density at radius 2 is 1.82 bits per heavy atom. The summed E-state index contributed by atoms with van der Waals surface area (Å²) in [7, 11) is 6.00. The molecule has 1 unspecified atom stereocenters. The predicted octanol–water partition coefficient (Wildman–Crippen LogP) is -1.43. The number of nitrogens with two attached hydrogens (primary N) is 1. The molecule has 0 spiro atoms. The third-order valence-electron chi connectivity index (χ3n) is 0.514. The van der Waals surface area contributed by atoms with Crippen molar-refractivity contribution in [2.24, 2.45) is 5.73 Å². The van der Waals surface area contributed by atoms with Crippen LogP contribution in [0.3, 0.4) is 0 Å². The predicted molar refractivity (Wildman–Crippen MR) is 42.3 cm³/mol. The lowest BCUT2D eigenvalue weighted by Crippen LogP contribution is -2.33. The third-order valence-corrected chi connectivity index (χ3v) is 0.514. The molecule has 4 N–H and O–H groups in total. The topological polar surface area (TPSA) is 86.8 Å². The molecule has 0 aromatic carbocycles. The van der Waals surface area contributed by atoms with Crippen LogP contribution in [0, 0.1) is 0 Å². The SMILES string of the molecule is CN(C)C.NC(CO)C(=O)O. The zero-order valence-corrected chi connectivity index (χ0v) is 7.11. The summed E-state index contributed by atoms with van der Waals surface area (Å²) in [5.41, 5.74) is 4.77. The van der Waals surface area contributed by atoms with Gasteiger partial charge in [0.05, 0.1) is 6.61 Å². The Balaban J connectivity index is 0. The molecule has 0 aromatic heterocycles. The fourth-order valence-electron chi connectivity index (χ4n) is 0.0781. The average molecular weight is 164 g/mol. The molecule has 0 aromatic rings. The molecule has 0 saturated carbocycles.